The molecule has 0 amide bonds. The minimum atomic E-state index is -2.87. The van der Waals surface area contributed by atoms with E-state index in [9.17, 15) is 8.42 Å². The fourth-order valence-electron chi connectivity index (χ4n) is 2.27. The molecule has 0 bridgehead atoms. The van der Waals surface area contributed by atoms with Crippen molar-refractivity contribution in [3.8, 4) is 0 Å². The summed E-state index contributed by atoms with van der Waals surface area (Å²) >= 11 is 0. The Kier molecular flexibility index (Phi) is 7.10. The van der Waals surface area contributed by atoms with Crippen molar-refractivity contribution in [1.29, 1.82) is 0 Å². The standard InChI is InChI=1S/C15H25NO2S/c1-3-10-19(17,18)11-9-15(13-16-2)12-14-7-5-4-6-8-14/h4-8,15-16H,3,9-13H2,1-2H3. The number of sulfone groups is 1. The van der Waals surface area contributed by atoms with Gasteiger partial charge in [-0.2, -0.15) is 0 Å². The van der Waals surface area contributed by atoms with Crippen molar-refractivity contribution >= 4 is 9.84 Å². The summed E-state index contributed by atoms with van der Waals surface area (Å²) in [6.07, 6.45) is 2.37. The molecule has 1 rings (SSSR count). The quantitative estimate of drug-likeness (QED) is 0.756. The van der Waals surface area contributed by atoms with Gasteiger partial charge in [-0.1, -0.05) is 37.3 Å². The van der Waals surface area contributed by atoms with E-state index in [1.807, 2.05) is 32.2 Å². The van der Waals surface area contributed by atoms with Gasteiger partial charge in [0.1, 0.15) is 9.84 Å². The summed E-state index contributed by atoms with van der Waals surface area (Å²) in [5.74, 6) is 0.990. The molecule has 0 heterocycles. The lowest BCUT2D eigenvalue weighted by atomic mass is 9.97. The van der Waals surface area contributed by atoms with Crippen molar-refractivity contribution in [1.82, 2.24) is 5.32 Å². The van der Waals surface area contributed by atoms with Gasteiger partial charge in [0.05, 0.1) is 5.75 Å². The van der Waals surface area contributed by atoms with Gasteiger partial charge in [-0.05, 0) is 44.3 Å². The fourth-order valence-corrected chi connectivity index (χ4v) is 3.79. The van der Waals surface area contributed by atoms with Crippen LogP contribution < -0.4 is 5.32 Å². The predicted molar refractivity (Wildman–Crippen MR) is 81.1 cm³/mol. The van der Waals surface area contributed by atoms with E-state index in [-0.39, 0.29) is 0 Å². The molecule has 0 saturated heterocycles. The van der Waals surface area contributed by atoms with Crippen molar-refractivity contribution in [2.45, 2.75) is 26.2 Å². The molecule has 0 aromatic heterocycles. The largest absolute Gasteiger partial charge is 0.319 e. The van der Waals surface area contributed by atoms with Crippen molar-refractivity contribution < 1.29 is 8.42 Å². The van der Waals surface area contributed by atoms with Gasteiger partial charge in [-0.25, -0.2) is 8.42 Å². The molecule has 1 unspecified atom stereocenters. The monoisotopic (exact) mass is 283 g/mol. The van der Waals surface area contributed by atoms with E-state index in [2.05, 4.69) is 17.4 Å². The summed E-state index contributed by atoms with van der Waals surface area (Å²) in [7, 11) is -0.950. The van der Waals surface area contributed by atoms with Crippen LogP contribution in [0.5, 0.6) is 0 Å². The SMILES string of the molecule is CCCS(=O)(=O)CCC(CNC)Cc1ccccc1. The van der Waals surface area contributed by atoms with Gasteiger partial charge in [0, 0.05) is 5.75 Å². The molecule has 108 valence electrons. The molecule has 1 atom stereocenters. The molecule has 0 aliphatic carbocycles. The van der Waals surface area contributed by atoms with Crippen LogP contribution in [0.3, 0.4) is 0 Å². The second-order valence-corrected chi connectivity index (χ2v) is 7.36. The lowest BCUT2D eigenvalue weighted by Gasteiger charge is -2.16. The predicted octanol–water partition coefficient (Wildman–Crippen LogP) is 2.28. The van der Waals surface area contributed by atoms with Crippen LogP contribution in [0.2, 0.25) is 0 Å². The summed E-state index contributed by atoms with van der Waals surface area (Å²) < 4.78 is 23.5. The Labute approximate surface area is 117 Å². The lowest BCUT2D eigenvalue weighted by molar-refractivity contribution is 0.477. The van der Waals surface area contributed by atoms with E-state index in [1.54, 1.807) is 0 Å². The summed E-state index contributed by atoms with van der Waals surface area (Å²) in [6, 6.07) is 10.3. The Hall–Kier alpha value is -0.870. The smallest absolute Gasteiger partial charge is 0.150 e. The third-order valence-corrected chi connectivity index (χ3v) is 5.10. The molecule has 0 radical (unpaired) electrons. The third kappa shape index (κ3) is 6.73. The van der Waals surface area contributed by atoms with Crippen LogP contribution in [0, 0.1) is 5.92 Å². The Balaban J connectivity index is 2.54. The number of hydrogen-bond acceptors (Lipinski definition) is 3. The molecule has 0 saturated carbocycles. The second-order valence-electron chi connectivity index (χ2n) is 5.05. The number of hydrogen-bond donors (Lipinski definition) is 1. The minimum Gasteiger partial charge on any atom is -0.319 e. The summed E-state index contributed by atoms with van der Waals surface area (Å²) in [6.45, 7) is 2.77. The average molecular weight is 283 g/mol. The molecule has 0 spiro atoms. The topological polar surface area (TPSA) is 46.2 Å². The van der Waals surface area contributed by atoms with Gasteiger partial charge < -0.3 is 5.32 Å². The fraction of sp³-hybridized carbons (Fsp3) is 0.600. The van der Waals surface area contributed by atoms with Crippen LogP contribution in [0.25, 0.3) is 0 Å². The first-order valence-corrected chi connectivity index (χ1v) is 8.78. The normalized spacial score (nSPS) is 13.4. The zero-order valence-electron chi connectivity index (χ0n) is 11.9. The van der Waals surface area contributed by atoms with Crippen LogP contribution in [0.4, 0.5) is 0 Å². The van der Waals surface area contributed by atoms with Crippen molar-refractivity contribution in [3.63, 3.8) is 0 Å². The maximum atomic E-state index is 11.8. The molecule has 0 aliphatic rings. The van der Waals surface area contributed by atoms with E-state index in [1.165, 1.54) is 5.56 Å². The van der Waals surface area contributed by atoms with Gasteiger partial charge in [0.2, 0.25) is 0 Å². The van der Waals surface area contributed by atoms with Gasteiger partial charge in [-0.3, -0.25) is 0 Å². The first kappa shape index (κ1) is 16.2. The van der Waals surface area contributed by atoms with Gasteiger partial charge in [0.25, 0.3) is 0 Å². The number of benzene rings is 1. The van der Waals surface area contributed by atoms with E-state index in [0.29, 0.717) is 23.8 Å². The molecule has 0 fully saturated rings. The van der Waals surface area contributed by atoms with Crippen molar-refractivity contribution in [3.05, 3.63) is 35.9 Å². The Morgan fingerprint density at radius 3 is 2.42 bits per heavy atom. The molecule has 1 N–H and O–H groups in total. The number of rotatable bonds is 9. The Bertz CT molecular complexity index is 442. The Morgan fingerprint density at radius 1 is 1.16 bits per heavy atom. The van der Waals surface area contributed by atoms with E-state index >= 15 is 0 Å². The maximum absolute atomic E-state index is 11.8. The van der Waals surface area contributed by atoms with Crippen LogP contribution >= 0.6 is 0 Å². The summed E-state index contributed by atoms with van der Waals surface area (Å²) in [5, 5.41) is 3.16. The summed E-state index contributed by atoms with van der Waals surface area (Å²) in [4.78, 5) is 0. The maximum Gasteiger partial charge on any atom is 0.150 e. The van der Waals surface area contributed by atoms with Crippen LogP contribution in [-0.4, -0.2) is 33.5 Å². The Morgan fingerprint density at radius 2 is 1.84 bits per heavy atom. The molecule has 4 heteroatoms. The highest BCUT2D eigenvalue weighted by Crippen LogP contribution is 2.13. The van der Waals surface area contributed by atoms with Crippen molar-refractivity contribution in [2.24, 2.45) is 5.92 Å². The number of nitrogens with one attached hydrogen (secondary N) is 1. The molecular weight excluding hydrogens is 258 g/mol. The zero-order valence-corrected chi connectivity index (χ0v) is 12.7. The molecule has 19 heavy (non-hydrogen) atoms. The molecule has 1 aromatic carbocycles. The highest BCUT2D eigenvalue weighted by Gasteiger charge is 2.15. The average Bonchev–Trinajstić information content (AvgIpc) is 2.37. The highest BCUT2D eigenvalue weighted by atomic mass is 32.2. The summed E-state index contributed by atoms with van der Waals surface area (Å²) in [5.41, 5.74) is 1.27. The van der Waals surface area contributed by atoms with Gasteiger partial charge in [0.15, 0.2) is 0 Å². The molecular formula is C15H25NO2S. The van der Waals surface area contributed by atoms with E-state index in [0.717, 1.165) is 19.4 Å². The first-order chi connectivity index (χ1) is 9.07. The van der Waals surface area contributed by atoms with E-state index < -0.39 is 9.84 Å². The van der Waals surface area contributed by atoms with Crippen molar-refractivity contribution in [2.75, 3.05) is 25.1 Å². The molecule has 0 aliphatic heterocycles. The van der Waals surface area contributed by atoms with E-state index in [4.69, 9.17) is 0 Å². The first-order valence-electron chi connectivity index (χ1n) is 6.96. The van der Waals surface area contributed by atoms with Crippen LogP contribution in [-0.2, 0) is 16.3 Å². The van der Waals surface area contributed by atoms with Crippen LogP contribution in [0.1, 0.15) is 25.3 Å². The minimum absolute atomic E-state index is 0.306. The lowest BCUT2D eigenvalue weighted by Crippen LogP contribution is -2.24. The van der Waals surface area contributed by atoms with Gasteiger partial charge >= 0.3 is 0 Å². The van der Waals surface area contributed by atoms with Crippen LogP contribution in [0.15, 0.2) is 30.3 Å². The second kappa shape index (κ2) is 8.33. The third-order valence-electron chi connectivity index (χ3n) is 3.21. The highest BCUT2D eigenvalue weighted by molar-refractivity contribution is 7.91. The molecule has 3 nitrogen and oxygen atoms in total. The van der Waals surface area contributed by atoms with Gasteiger partial charge in [-0.15, -0.1) is 0 Å². The zero-order chi connectivity index (χ0) is 14.1. The molecule has 1 aromatic rings.